The number of unbranched alkanes of at least 4 members (excludes halogenated alkanes) is 1. The van der Waals surface area contributed by atoms with Crippen molar-refractivity contribution < 1.29 is 23.5 Å². The number of hydrogen-bond acceptors (Lipinski definition) is 7. The zero-order valence-corrected chi connectivity index (χ0v) is 20.6. The van der Waals surface area contributed by atoms with E-state index in [4.69, 9.17) is 4.74 Å². The van der Waals surface area contributed by atoms with Gasteiger partial charge in [0.25, 0.3) is 0 Å². The molecule has 36 heavy (non-hydrogen) atoms. The average Bonchev–Trinajstić information content (AvgIpc) is 3.26. The van der Waals surface area contributed by atoms with Gasteiger partial charge in [-0.15, -0.1) is 0 Å². The Morgan fingerprint density at radius 2 is 1.89 bits per heavy atom. The number of benzene rings is 1. The summed E-state index contributed by atoms with van der Waals surface area (Å²) in [5.74, 6) is 0.00709. The second kappa shape index (κ2) is 11.3. The van der Waals surface area contributed by atoms with Gasteiger partial charge in [-0.25, -0.2) is 19.2 Å². The molecule has 0 radical (unpaired) electrons. The number of hydrogen-bond donors (Lipinski definition) is 1. The van der Waals surface area contributed by atoms with Gasteiger partial charge in [0.15, 0.2) is 0 Å². The first-order valence-corrected chi connectivity index (χ1v) is 12.2. The molecule has 2 aliphatic rings. The second-order valence-corrected chi connectivity index (χ2v) is 8.96. The predicted octanol–water partition coefficient (Wildman–Crippen LogP) is 2.58. The fraction of sp³-hybridized carbons (Fsp3) is 0.480. The van der Waals surface area contributed by atoms with Gasteiger partial charge in [-0.1, -0.05) is 13.3 Å². The van der Waals surface area contributed by atoms with Crippen LogP contribution in [0.1, 0.15) is 33.1 Å². The summed E-state index contributed by atoms with van der Waals surface area (Å²) in [5, 5.41) is 2.61. The lowest BCUT2D eigenvalue weighted by atomic mass is 10.1. The number of amides is 3. The molecule has 0 spiro atoms. The molecular formula is C25H31FN6O4. The van der Waals surface area contributed by atoms with Crippen molar-refractivity contribution >= 4 is 29.5 Å². The standard InChI is InChI=1S/C25H31FN6O4/c1-3-4-5-23(34)30-8-10-31(11-9-30)24-28-13-18(14-29-24)21-7-6-19(12-22(21)26)32-16-20(36-25(32)35)15-27-17(2)33/h6-7,12-14,20H,3-5,8-11,15-16H2,1-2H3,(H,27,33)/t20-/m0/s1. The van der Waals surface area contributed by atoms with E-state index in [9.17, 15) is 18.8 Å². The van der Waals surface area contributed by atoms with Gasteiger partial charge in [0.05, 0.1) is 18.8 Å². The average molecular weight is 499 g/mol. The van der Waals surface area contributed by atoms with Crippen LogP contribution in [0.3, 0.4) is 0 Å². The van der Waals surface area contributed by atoms with Crippen LogP contribution >= 0.6 is 0 Å². The van der Waals surface area contributed by atoms with Gasteiger partial charge in [-0.05, 0) is 24.6 Å². The normalized spacial score (nSPS) is 17.8. The van der Waals surface area contributed by atoms with Gasteiger partial charge in [-0.2, -0.15) is 0 Å². The van der Waals surface area contributed by atoms with Gasteiger partial charge in [0.1, 0.15) is 11.9 Å². The van der Waals surface area contributed by atoms with Crippen molar-refractivity contribution in [2.75, 3.05) is 49.1 Å². The number of nitrogens with zero attached hydrogens (tertiary/aromatic N) is 5. The van der Waals surface area contributed by atoms with Gasteiger partial charge in [0, 0.05) is 63.0 Å². The van der Waals surface area contributed by atoms with Crippen molar-refractivity contribution in [1.82, 2.24) is 20.2 Å². The molecule has 10 nitrogen and oxygen atoms in total. The maximum absolute atomic E-state index is 15.0. The van der Waals surface area contributed by atoms with Crippen LogP contribution in [-0.4, -0.2) is 78.1 Å². The van der Waals surface area contributed by atoms with E-state index in [0.717, 1.165) is 12.8 Å². The molecular weight excluding hydrogens is 467 g/mol. The smallest absolute Gasteiger partial charge is 0.414 e. The maximum Gasteiger partial charge on any atom is 0.414 e. The molecule has 0 unspecified atom stereocenters. The minimum absolute atomic E-state index is 0.192. The summed E-state index contributed by atoms with van der Waals surface area (Å²) in [6.45, 7) is 6.44. The largest absolute Gasteiger partial charge is 0.442 e. The molecule has 192 valence electrons. The van der Waals surface area contributed by atoms with Crippen molar-refractivity contribution in [3.8, 4) is 11.1 Å². The predicted molar refractivity (Wildman–Crippen MR) is 132 cm³/mol. The van der Waals surface area contributed by atoms with Crippen LogP contribution < -0.4 is 15.1 Å². The van der Waals surface area contributed by atoms with E-state index >= 15 is 0 Å². The Bertz CT molecular complexity index is 1100. The lowest BCUT2D eigenvalue weighted by Crippen LogP contribution is -2.49. The van der Waals surface area contributed by atoms with Crippen LogP contribution in [0.25, 0.3) is 11.1 Å². The first kappa shape index (κ1) is 25.3. The molecule has 3 heterocycles. The molecule has 1 aromatic carbocycles. The molecule has 1 N–H and O–H groups in total. The van der Waals surface area contributed by atoms with E-state index in [1.165, 1.54) is 17.9 Å². The van der Waals surface area contributed by atoms with E-state index in [0.29, 0.717) is 55.4 Å². The Labute approximate surface area is 209 Å². The highest BCUT2D eigenvalue weighted by atomic mass is 19.1. The Hall–Kier alpha value is -3.76. The second-order valence-electron chi connectivity index (χ2n) is 8.96. The van der Waals surface area contributed by atoms with Crippen molar-refractivity contribution in [3.05, 3.63) is 36.4 Å². The molecule has 0 bridgehead atoms. The number of carbonyl (C=O) groups is 3. The van der Waals surface area contributed by atoms with Crippen molar-refractivity contribution in [2.45, 2.75) is 39.2 Å². The minimum atomic E-state index is -0.586. The number of piperazine rings is 1. The van der Waals surface area contributed by atoms with E-state index in [1.54, 1.807) is 24.5 Å². The van der Waals surface area contributed by atoms with Crippen molar-refractivity contribution in [2.24, 2.45) is 0 Å². The quantitative estimate of drug-likeness (QED) is 0.596. The Balaban J connectivity index is 1.37. The summed E-state index contributed by atoms with van der Waals surface area (Å²) >= 11 is 0. The number of ether oxygens (including phenoxy) is 1. The molecule has 0 aliphatic carbocycles. The van der Waals surface area contributed by atoms with Gasteiger partial charge in [-0.3, -0.25) is 14.5 Å². The van der Waals surface area contributed by atoms with E-state index < -0.39 is 18.0 Å². The maximum atomic E-state index is 15.0. The van der Waals surface area contributed by atoms with Gasteiger partial charge >= 0.3 is 6.09 Å². The van der Waals surface area contributed by atoms with Crippen LogP contribution in [0.15, 0.2) is 30.6 Å². The molecule has 4 rings (SSSR count). The summed E-state index contributed by atoms with van der Waals surface area (Å²) in [6.07, 6.45) is 4.56. The zero-order chi connectivity index (χ0) is 25.7. The fourth-order valence-electron chi connectivity index (χ4n) is 4.27. The first-order chi connectivity index (χ1) is 17.4. The highest BCUT2D eigenvalue weighted by Gasteiger charge is 2.32. The van der Waals surface area contributed by atoms with Crippen LogP contribution in [0, 0.1) is 5.82 Å². The summed E-state index contributed by atoms with van der Waals surface area (Å²) in [6, 6.07) is 4.50. The van der Waals surface area contributed by atoms with Crippen LogP contribution in [0.4, 0.5) is 20.8 Å². The molecule has 2 aliphatic heterocycles. The molecule has 1 aromatic heterocycles. The number of cyclic esters (lactones) is 1. The summed E-state index contributed by atoms with van der Waals surface area (Å²) in [5.41, 5.74) is 1.21. The van der Waals surface area contributed by atoms with E-state index in [-0.39, 0.29) is 24.9 Å². The van der Waals surface area contributed by atoms with Gasteiger partial charge in [0.2, 0.25) is 17.8 Å². The minimum Gasteiger partial charge on any atom is -0.442 e. The zero-order valence-electron chi connectivity index (χ0n) is 20.6. The van der Waals surface area contributed by atoms with Gasteiger partial charge < -0.3 is 19.9 Å². The summed E-state index contributed by atoms with van der Waals surface area (Å²) in [7, 11) is 0. The number of aromatic nitrogens is 2. The lowest BCUT2D eigenvalue weighted by molar-refractivity contribution is -0.131. The number of rotatable bonds is 8. The molecule has 1 atom stereocenters. The lowest BCUT2D eigenvalue weighted by Gasteiger charge is -2.34. The first-order valence-electron chi connectivity index (χ1n) is 12.2. The summed E-state index contributed by atoms with van der Waals surface area (Å²) < 4.78 is 20.2. The molecule has 2 aromatic rings. The third-order valence-corrected chi connectivity index (χ3v) is 6.33. The van der Waals surface area contributed by atoms with Crippen LogP contribution in [-0.2, 0) is 14.3 Å². The number of halogens is 1. The Morgan fingerprint density at radius 3 is 2.53 bits per heavy atom. The molecule has 0 saturated carbocycles. The SMILES string of the molecule is CCCCC(=O)N1CCN(c2ncc(-c3ccc(N4C[C@H](CNC(C)=O)OC4=O)cc3F)cn2)CC1. The highest BCUT2D eigenvalue weighted by Crippen LogP contribution is 2.29. The van der Waals surface area contributed by atoms with E-state index in [2.05, 4.69) is 22.2 Å². The Morgan fingerprint density at radius 1 is 1.17 bits per heavy atom. The topological polar surface area (TPSA) is 108 Å². The highest BCUT2D eigenvalue weighted by molar-refractivity contribution is 5.90. The molecule has 3 amide bonds. The number of anilines is 2. The summed E-state index contributed by atoms with van der Waals surface area (Å²) in [4.78, 5) is 49.6. The van der Waals surface area contributed by atoms with E-state index in [1.807, 2.05) is 9.80 Å². The third kappa shape index (κ3) is 5.89. The monoisotopic (exact) mass is 498 g/mol. The van der Waals surface area contributed by atoms with Crippen LogP contribution in [0.5, 0.6) is 0 Å². The molecule has 2 saturated heterocycles. The van der Waals surface area contributed by atoms with Crippen molar-refractivity contribution in [3.63, 3.8) is 0 Å². The van der Waals surface area contributed by atoms with Crippen LogP contribution in [0.2, 0.25) is 0 Å². The number of carbonyl (C=O) groups excluding carboxylic acids is 3. The fourth-order valence-corrected chi connectivity index (χ4v) is 4.27. The third-order valence-electron chi connectivity index (χ3n) is 6.33. The number of nitrogens with one attached hydrogen (secondary N) is 1. The Kier molecular flexibility index (Phi) is 7.97. The molecule has 11 heteroatoms. The van der Waals surface area contributed by atoms with Crippen molar-refractivity contribution in [1.29, 1.82) is 0 Å². The molecule has 2 fully saturated rings.